The number of aliphatic hydroxyl groups excluding tert-OH is 1. The molecule has 158 valence electrons. The Morgan fingerprint density at radius 1 is 1.00 bits per heavy atom. The van der Waals surface area contributed by atoms with Crippen LogP contribution in [0.25, 0.3) is 39.2 Å². The first-order chi connectivity index (χ1) is 15.6. The Morgan fingerprint density at radius 3 is 2.66 bits per heavy atom. The third-order valence-corrected chi connectivity index (χ3v) is 5.23. The molecular weight excluding hydrogens is 402 g/mol. The molecule has 8 heteroatoms. The first-order valence-corrected chi connectivity index (χ1v) is 10.2. The van der Waals surface area contributed by atoms with Gasteiger partial charge in [0.2, 0.25) is 0 Å². The van der Waals surface area contributed by atoms with Crippen molar-refractivity contribution in [3.63, 3.8) is 0 Å². The molecule has 1 unspecified atom stereocenters. The first kappa shape index (κ1) is 19.9. The van der Waals surface area contributed by atoms with E-state index in [1.807, 2.05) is 49.4 Å². The van der Waals surface area contributed by atoms with Gasteiger partial charge >= 0.3 is 0 Å². The van der Waals surface area contributed by atoms with Crippen LogP contribution in [-0.2, 0) is 6.61 Å². The molecule has 32 heavy (non-hydrogen) atoms. The summed E-state index contributed by atoms with van der Waals surface area (Å²) in [7, 11) is 0. The van der Waals surface area contributed by atoms with Crippen LogP contribution in [-0.4, -0.2) is 34.8 Å². The highest BCUT2D eigenvalue weighted by Gasteiger charge is 2.16. The Hall–Kier alpha value is -4.01. The molecule has 5 aromatic rings. The SMILES string of the molecule is CC(N)c1cccc(-c2cc(-c3cnccn3)c3cnn(-c4cccc(CO)n4)c3c2)n1. The standard InChI is InChI=1S/C24H21N7O/c1-15(25)20-5-3-6-21(30-20)16-10-18(22-13-26-8-9-27-22)19-12-28-31(23(19)11-16)24-7-2-4-17(14-32)29-24/h2-13,15,32H,14,25H2,1H3. The van der Waals surface area contributed by atoms with Crippen LogP contribution < -0.4 is 5.73 Å². The quantitative estimate of drug-likeness (QED) is 0.445. The van der Waals surface area contributed by atoms with Gasteiger partial charge in [-0.25, -0.2) is 9.67 Å². The van der Waals surface area contributed by atoms with E-state index in [4.69, 9.17) is 10.7 Å². The van der Waals surface area contributed by atoms with Crippen LogP contribution in [0.3, 0.4) is 0 Å². The Bertz CT molecular complexity index is 1400. The number of aromatic nitrogens is 6. The topological polar surface area (TPSA) is 116 Å². The molecular formula is C24H21N7O. The van der Waals surface area contributed by atoms with Crippen molar-refractivity contribution in [3.05, 3.63) is 84.7 Å². The van der Waals surface area contributed by atoms with E-state index in [1.165, 1.54) is 0 Å². The Kier molecular flexibility index (Phi) is 5.14. The fraction of sp³-hybridized carbons (Fsp3) is 0.125. The lowest BCUT2D eigenvalue weighted by Gasteiger charge is -2.11. The number of benzene rings is 1. The van der Waals surface area contributed by atoms with Crippen molar-refractivity contribution in [2.45, 2.75) is 19.6 Å². The van der Waals surface area contributed by atoms with Gasteiger partial charge in [0.1, 0.15) is 0 Å². The Labute approximate surface area is 184 Å². The molecule has 4 aromatic heterocycles. The zero-order valence-corrected chi connectivity index (χ0v) is 17.4. The minimum atomic E-state index is -0.172. The number of hydrogen-bond donors (Lipinski definition) is 2. The molecule has 3 N–H and O–H groups in total. The fourth-order valence-electron chi connectivity index (χ4n) is 3.65. The van der Waals surface area contributed by atoms with Crippen molar-refractivity contribution < 1.29 is 5.11 Å². The zero-order chi connectivity index (χ0) is 22.1. The molecule has 0 saturated carbocycles. The van der Waals surface area contributed by atoms with Gasteiger partial charge in [-0.15, -0.1) is 0 Å². The summed E-state index contributed by atoms with van der Waals surface area (Å²) in [5.41, 5.74) is 11.6. The lowest BCUT2D eigenvalue weighted by atomic mass is 10.0. The summed E-state index contributed by atoms with van der Waals surface area (Å²) in [4.78, 5) is 18.0. The van der Waals surface area contributed by atoms with E-state index in [-0.39, 0.29) is 12.6 Å². The third-order valence-electron chi connectivity index (χ3n) is 5.23. The molecule has 0 radical (unpaired) electrons. The molecule has 0 bridgehead atoms. The largest absolute Gasteiger partial charge is 0.390 e. The average Bonchev–Trinajstić information content (AvgIpc) is 3.28. The number of aliphatic hydroxyl groups is 1. The van der Waals surface area contributed by atoms with E-state index in [0.29, 0.717) is 11.5 Å². The first-order valence-electron chi connectivity index (χ1n) is 10.2. The zero-order valence-electron chi connectivity index (χ0n) is 17.4. The number of nitrogens with two attached hydrogens (primary N) is 1. The summed E-state index contributed by atoms with van der Waals surface area (Å²) in [6.07, 6.45) is 6.83. The Balaban J connectivity index is 1.77. The second-order valence-corrected chi connectivity index (χ2v) is 7.49. The summed E-state index contributed by atoms with van der Waals surface area (Å²) in [5, 5.41) is 15.0. The van der Waals surface area contributed by atoms with E-state index >= 15 is 0 Å². The fourth-order valence-corrected chi connectivity index (χ4v) is 3.65. The van der Waals surface area contributed by atoms with E-state index < -0.39 is 0 Å². The number of fused-ring (bicyclic) bond motifs is 1. The van der Waals surface area contributed by atoms with E-state index in [1.54, 1.807) is 35.5 Å². The van der Waals surface area contributed by atoms with Crippen molar-refractivity contribution >= 4 is 10.9 Å². The average molecular weight is 423 g/mol. The molecule has 0 aliphatic rings. The van der Waals surface area contributed by atoms with Crippen molar-refractivity contribution in [2.75, 3.05) is 0 Å². The number of hydrogen-bond acceptors (Lipinski definition) is 7. The number of nitrogens with zero attached hydrogens (tertiary/aromatic N) is 6. The maximum absolute atomic E-state index is 9.50. The van der Waals surface area contributed by atoms with Crippen LogP contribution in [0.4, 0.5) is 0 Å². The molecule has 0 amide bonds. The van der Waals surface area contributed by atoms with E-state index in [0.717, 1.165) is 39.1 Å². The molecule has 5 rings (SSSR count). The molecule has 0 fully saturated rings. The maximum Gasteiger partial charge on any atom is 0.154 e. The van der Waals surface area contributed by atoms with Gasteiger partial charge < -0.3 is 10.8 Å². The smallest absolute Gasteiger partial charge is 0.154 e. The second kappa shape index (κ2) is 8.26. The molecule has 0 saturated heterocycles. The molecule has 1 aromatic carbocycles. The van der Waals surface area contributed by atoms with Crippen LogP contribution in [0.1, 0.15) is 24.4 Å². The van der Waals surface area contributed by atoms with Crippen LogP contribution in [0.15, 0.2) is 73.3 Å². The summed E-state index contributed by atoms with van der Waals surface area (Å²) < 4.78 is 1.76. The highest BCUT2D eigenvalue weighted by molar-refractivity contribution is 5.97. The third kappa shape index (κ3) is 3.62. The highest BCUT2D eigenvalue weighted by Crippen LogP contribution is 2.33. The molecule has 8 nitrogen and oxygen atoms in total. The van der Waals surface area contributed by atoms with Gasteiger partial charge in [-0.3, -0.25) is 15.0 Å². The Morgan fingerprint density at radius 2 is 1.88 bits per heavy atom. The van der Waals surface area contributed by atoms with Gasteiger partial charge in [0.25, 0.3) is 0 Å². The summed E-state index contributed by atoms with van der Waals surface area (Å²) >= 11 is 0. The van der Waals surface area contributed by atoms with E-state index in [2.05, 4.69) is 20.1 Å². The lowest BCUT2D eigenvalue weighted by Crippen LogP contribution is -2.07. The number of pyridine rings is 2. The van der Waals surface area contributed by atoms with Gasteiger partial charge in [0.15, 0.2) is 5.82 Å². The van der Waals surface area contributed by atoms with Gasteiger partial charge in [0, 0.05) is 34.9 Å². The van der Waals surface area contributed by atoms with Crippen LogP contribution in [0.5, 0.6) is 0 Å². The normalized spacial score (nSPS) is 12.2. The van der Waals surface area contributed by atoms with Crippen molar-refractivity contribution in [3.8, 4) is 28.3 Å². The number of rotatable bonds is 5. The minimum absolute atomic E-state index is 0.142. The summed E-state index contributed by atoms with van der Waals surface area (Å²) in [6.45, 7) is 1.77. The maximum atomic E-state index is 9.50. The minimum Gasteiger partial charge on any atom is -0.390 e. The molecule has 0 aliphatic heterocycles. The van der Waals surface area contributed by atoms with Crippen LogP contribution in [0.2, 0.25) is 0 Å². The molecule has 0 spiro atoms. The van der Waals surface area contributed by atoms with E-state index in [9.17, 15) is 5.11 Å². The molecule has 4 heterocycles. The monoisotopic (exact) mass is 423 g/mol. The van der Waals surface area contributed by atoms with Crippen molar-refractivity contribution in [1.29, 1.82) is 0 Å². The molecule has 1 atom stereocenters. The van der Waals surface area contributed by atoms with Crippen molar-refractivity contribution in [2.24, 2.45) is 5.73 Å². The lowest BCUT2D eigenvalue weighted by molar-refractivity contribution is 0.276. The second-order valence-electron chi connectivity index (χ2n) is 7.49. The van der Waals surface area contributed by atoms with Gasteiger partial charge in [-0.2, -0.15) is 5.10 Å². The molecule has 0 aliphatic carbocycles. The predicted octanol–water partition coefficient (Wildman–Crippen LogP) is 3.45. The van der Waals surface area contributed by atoms with Crippen LogP contribution in [0, 0.1) is 0 Å². The van der Waals surface area contributed by atoms with Gasteiger partial charge in [-0.1, -0.05) is 12.1 Å². The summed E-state index contributed by atoms with van der Waals surface area (Å²) in [5.74, 6) is 0.617. The highest BCUT2D eigenvalue weighted by atomic mass is 16.3. The summed E-state index contributed by atoms with van der Waals surface area (Å²) in [6, 6.07) is 15.2. The van der Waals surface area contributed by atoms with Crippen molar-refractivity contribution in [1.82, 2.24) is 29.7 Å². The van der Waals surface area contributed by atoms with Crippen LogP contribution >= 0.6 is 0 Å². The van der Waals surface area contributed by atoms with Gasteiger partial charge in [-0.05, 0) is 43.3 Å². The predicted molar refractivity (Wildman–Crippen MR) is 122 cm³/mol. The van der Waals surface area contributed by atoms with Gasteiger partial charge in [0.05, 0.1) is 47.3 Å².